The highest BCUT2D eigenvalue weighted by atomic mass is 16.5. The van der Waals surface area contributed by atoms with Gasteiger partial charge in [0.05, 0.1) is 23.5 Å². The second-order valence-electron chi connectivity index (χ2n) is 7.71. The Morgan fingerprint density at radius 3 is 3.06 bits per heavy atom. The number of rotatable bonds is 5. The molecule has 5 heterocycles. The minimum atomic E-state index is -0.109. The summed E-state index contributed by atoms with van der Waals surface area (Å²) >= 11 is 0. The monoisotopic (exact) mass is 418 g/mol. The molecule has 0 N–H and O–H groups in total. The van der Waals surface area contributed by atoms with Gasteiger partial charge in [-0.1, -0.05) is 5.16 Å². The average molecular weight is 418 g/mol. The first-order chi connectivity index (χ1) is 15.2. The van der Waals surface area contributed by atoms with Crippen LogP contribution in [0.5, 0.6) is 0 Å². The van der Waals surface area contributed by atoms with E-state index in [0.717, 1.165) is 29.8 Å². The number of carbonyl (C=O) groups is 1. The zero-order valence-corrected chi connectivity index (χ0v) is 17.1. The van der Waals surface area contributed by atoms with Crippen molar-refractivity contribution in [2.75, 3.05) is 13.1 Å². The maximum absolute atomic E-state index is 13.1. The molecule has 0 saturated carbocycles. The van der Waals surface area contributed by atoms with Gasteiger partial charge in [-0.25, -0.2) is 9.97 Å². The Morgan fingerprint density at radius 1 is 1.32 bits per heavy atom. The third-order valence-electron chi connectivity index (χ3n) is 5.48. The van der Waals surface area contributed by atoms with Gasteiger partial charge in [0, 0.05) is 43.7 Å². The first-order valence-corrected chi connectivity index (χ1v) is 10.3. The molecule has 0 spiro atoms. The molecule has 0 aliphatic carbocycles. The number of hydrogen-bond acceptors (Lipinski definition) is 7. The minimum Gasteiger partial charge on any atom is -0.454 e. The van der Waals surface area contributed by atoms with E-state index >= 15 is 0 Å². The molecule has 1 fully saturated rings. The third kappa shape index (κ3) is 3.98. The Labute approximate surface area is 178 Å². The van der Waals surface area contributed by atoms with Crippen molar-refractivity contribution in [1.29, 1.82) is 0 Å². The predicted molar refractivity (Wildman–Crippen MR) is 110 cm³/mol. The molecule has 1 amide bonds. The Kier molecular flexibility index (Phi) is 5.07. The summed E-state index contributed by atoms with van der Waals surface area (Å²) in [5.74, 6) is 1.66. The zero-order chi connectivity index (χ0) is 21.2. The van der Waals surface area contributed by atoms with E-state index in [1.165, 1.54) is 6.33 Å². The number of nitrogens with zero attached hydrogens (tertiary/aromatic N) is 6. The number of piperidine rings is 1. The smallest absolute Gasteiger partial charge is 0.289 e. The van der Waals surface area contributed by atoms with Crippen molar-refractivity contribution in [3.05, 3.63) is 72.1 Å². The molecular weight excluding hydrogens is 396 g/mol. The van der Waals surface area contributed by atoms with Gasteiger partial charge in [-0.2, -0.15) is 5.10 Å². The summed E-state index contributed by atoms with van der Waals surface area (Å²) < 4.78 is 13.0. The van der Waals surface area contributed by atoms with Crippen LogP contribution in [0.3, 0.4) is 0 Å². The van der Waals surface area contributed by atoms with Gasteiger partial charge in [0.25, 0.3) is 5.91 Å². The van der Waals surface area contributed by atoms with Crippen molar-refractivity contribution in [3.8, 4) is 11.3 Å². The van der Waals surface area contributed by atoms with E-state index in [2.05, 4.69) is 20.2 Å². The van der Waals surface area contributed by atoms with Crippen LogP contribution < -0.4 is 0 Å². The van der Waals surface area contributed by atoms with Gasteiger partial charge in [-0.3, -0.25) is 9.48 Å². The molecule has 0 radical (unpaired) electrons. The summed E-state index contributed by atoms with van der Waals surface area (Å²) in [4.78, 5) is 23.6. The highest BCUT2D eigenvalue weighted by Gasteiger charge is 2.30. The standard InChI is InChI=1S/C22H22N6O3/c1-15-10-20(31-26-15)18-11-23-14-24-21(18)16-4-2-8-27(12-16)22(29)19-6-5-17(30-19)13-28-9-3-7-25-28/h3,5-7,9-11,14,16H,2,4,8,12-13H2,1H3. The summed E-state index contributed by atoms with van der Waals surface area (Å²) in [5, 5.41) is 8.15. The van der Waals surface area contributed by atoms with E-state index in [1.54, 1.807) is 23.1 Å². The summed E-state index contributed by atoms with van der Waals surface area (Å²) in [6.07, 6.45) is 8.67. The number of carbonyl (C=O) groups excluding carboxylic acids is 1. The van der Waals surface area contributed by atoms with E-state index in [1.807, 2.05) is 36.2 Å². The van der Waals surface area contributed by atoms with Gasteiger partial charge in [0.15, 0.2) is 11.5 Å². The van der Waals surface area contributed by atoms with Crippen molar-refractivity contribution >= 4 is 5.91 Å². The number of amides is 1. The molecule has 1 unspecified atom stereocenters. The lowest BCUT2D eigenvalue weighted by Gasteiger charge is -2.32. The minimum absolute atomic E-state index is 0.0830. The second kappa shape index (κ2) is 8.17. The fraction of sp³-hybridized carbons (Fsp3) is 0.318. The molecule has 4 aromatic heterocycles. The van der Waals surface area contributed by atoms with E-state index in [9.17, 15) is 4.79 Å². The predicted octanol–water partition coefficient (Wildman–Crippen LogP) is 3.30. The Morgan fingerprint density at radius 2 is 2.26 bits per heavy atom. The van der Waals surface area contributed by atoms with Crippen LogP contribution in [0, 0.1) is 6.92 Å². The zero-order valence-electron chi connectivity index (χ0n) is 17.1. The first kappa shape index (κ1) is 19.2. The molecule has 4 aromatic rings. The number of aryl methyl sites for hydroxylation is 1. The fourth-order valence-electron chi connectivity index (χ4n) is 4.02. The first-order valence-electron chi connectivity index (χ1n) is 10.3. The molecule has 0 bridgehead atoms. The van der Waals surface area contributed by atoms with E-state index in [4.69, 9.17) is 8.94 Å². The van der Waals surface area contributed by atoms with Crippen LogP contribution in [0.1, 0.15) is 46.5 Å². The van der Waals surface area contributed by atoms with Gasteiger partial charge in [-0.05, 0) is 38.0 Å². The SMILES string of the molecule is Cc1cc(-c2cncnc2C2CCCN(C(=O)c3ccc(Cn4cccn4)o3)C2)on1. The number of aromatic nitrogens is 5. The Balaban J connectivity index is 1.33. The van der Waals surface area contributed by atoms with Crippen LogP contribution >= 0.6 is 0 Å². The van der Waals surface area contributed by atoms with E-state index in [-0.39, 0.29) is 11.8 Å². The largest absolute Gasteiger partial charge is 0.454 e. The van der Waals surface area contributed by atoms with Crippen molar-refractivity contribution in [3.63, 3.8) is 0 Å². The lowest BCUT2D eigenvalue weighted by atomic mass is 9.91. The fourth-order valence-corrected chi connectivity index (χ4v) is 4.02. The summed E-state index contributed by atoms with van der Waals surface area (Å²) in [5.41, 5.74) is 2.50. The molecule has 1 aliphatic rings. The van der Waals surface area contributed by atoms with Crippen LogP contribution in [0.4, 0.5) is 0 Å². The molecule has 1 atom stereocenters. The number of hydrogen-bond donors (Lipinski definition) is 0. The quantitative estimate of drug-likeness (QED) is 0.490. The number of furan rings is 1. The molecule has 158 valence electrons. The molecule has 5 rings (SSSR count). The Hall–Kier alpha value is -3.75. The molecule has 0 aromatic carbocycles. The van der Waals surface area contributed by atoms with Crippen LogP contribution in [0.15, 0.2) is 58.1 Å². The highest BCUT2D eigenvalue weighted by molar-refractivity contribution is 5.91. The maximum Gasteiger partial charge on any atom is 0.289 e. The van der Waals surface area contributed by atoms with Gasteiger partial charge in [0.1, 0.15) is 12.1 Å². The molecule has 31 heavy (non-hydrogen) atoms. The summed E-state index contributed by atoms with van der Waals surface area (Å²) in [6.45, 7) is 3.61. The van der Waals surface area contributed by atoms with Gasteiger partial charge >= 0.3 is 0 Å². The van der Waals surface area contributed by atoms with E-state index in [0.29, 0.717) is 36.9 Å². The average Bonchev–Trinajstić information content (AvgIpc) is 3.56. The van der Waals surface area contributed by atoms with Crippen molar-refractivity contribution < 1.29 is 13.7 Å². The summed E-state index contributed by atoms with van der Waals surface area (Å²) in [6, 6.07) is 7.28. The number of likely N-dealkylation sites (tertiary alicyclic amines) is 1. The third-order valence-corrected chi connectivity index (χ3v) is 5.48. The van der Waals surface area contributed by atoms with Gasteiger partial charge in [-0.15, -0.1) is 0 Å². The topological polar surface area (TPSA) is 103 Å². The normalized spacial score (nSPS) is 16.5. The van der Waals surface area contributed by atoms with Crippen molar-refractivity contribution in [2.24, 2.45) is 0 Å². The maximum atomic E-state index is 13.1. The van der Waals surface area contributed by atoms with Crippen LogP contribution in [-0.2, 0) is 6.54 Å². The van der Waals surface area contributed by atoms with Crippen LogP contribution in [-0.4, -0.2) is 48.8 Å². The van der Waals surface area contributed by atoms with Crippen molar-refractivity contribution in [1.82, 2.24) is 29.8 Å². The van der Waals surface area contributed by atoms with Gasteiger partial charge < -0.3 is 13.8 Å². The molecule has 9 heteroatoms. The Bertz CT molecular complexity index is 1180. The van der Waals surface area contributed by atoms with Gasteiger partial charge in [0.2, 0.25) is 0 Å². The lowest BCUT2D eigenvalue weighted by molar-refractivity contribution is 0.0671. The van der Waals surface area contributed by atoms with Crippen LogP contribution in [0.25, 0.3) is 11.3 Å². The summed E-state index contributed by atoms with van der Waals surface area (Å²) in [7, 11) is 0. The van der Waals surface area contributed by atoms with Crippen molar-refractivity contribution in [2.45, 2.75) is 32.2 Å². The van der Waals surface area contributed by atoms with E-state index < -0.39 is 0 Å². The molecule has 1 aliphatic heterocycles. The second-order valence-corrected chi connectivity index (χ2v) is 7.71. The van der Waals surface area contributed by atoms with Crippen LogP contribution in [0.2, 0.25) is 0 Å². The highest BCUT2D eigenvalue weighted by Crippen LogP contribution is 2.33. The molecular formula is C22H22N6O3. The lowest BCUT2D eigenvalue weighted by Crippen LogP contribution is -2.39. The molecule has 1 saturated heterocycles. The molecule has 9 nitrogen and oxygen atoms in total.